The van der Waals surface area contributed by atoms with Crippen molar-refractivity contribution in [1.29, 1.82) is 0 Å². The first-order chi connectivity index (χ1) is 9.15. The van der Waals surface area contributed by atoms with Gasteiger partial charge in [0.25, 0.3) is 5.91 Å². The average Bonchev–Trinajstić information content (AvgIpc) is 2.88. The summed E-state index contributed by atoms with van der Waals surface area (Å²) in [4.78, 5) is 15.7. The van der Waals surface area contributed by atoms with Crippen LogP contribution < -0.4 is 5.73 Å². The molecule has 19 heavy (non-hydrogen) atoms. The molecule has 1 aliphatic rings. The Morgan fingerprint density at radius 1 is 1.37 bits per heavy atom. The van der Waals surface area contributed by atoms with E-state index in [9.17, 15) is 4.79 Å². The highest BCUT2D eigenvalue weighted by Gasteiger charge is 2.23. The number of nitrogens with two attached hydrogens (primary N) is 1. The van der Waals surface area contributed by atoms with Crippen LogP contribution in [0.15, 0.2) is 29.6 Å². The summed E-state index contributed by atoms with van der Waals surface area (Å²) in [5.74, 6) is -0.0471. The molecule has 0 unspecified atom stereocenters. The normalized spacial score (nSPS) is 14.3. The fourth-order valence-corrected chi connectivity index (χ4v) is 3.39. The van der Waals surface area contributed by atoms with Crippen molar-refractivity contribution in [2.45, 2.75) is 13.0 Å². The van der Waals surface area contributed by atoms with Crippen LogP contribution in [0.1, 0.15) is 20.8 Å². The van der Waals surface area contributed by atoms with Crippen LogP contribution in [0.25, 0.3) is 0 Å². The number of hydrogen-bond acceptors (Lipinski definition) is 3. The lowest BCUT2D eigenvalue weighted by atomic mass is 10.1. The molecule has 98 valence electrons. The van der Waals surface area contributed by atoms with Crippen molar-refractivity contribution in [2.75, 3.05) is 12.3 Å². The number of benzene rings is 1. The van der Waals surface area contributed by atoms with Gasteiger partial charge in [-0.1, -0.05) is 11.6 Å². The molecule has 3 rings (SSSR count). The Morgan fingerprint density at radius 3 is 3.05 bits per heavy atom. The second-order valence-corrected chi connectivity index (χ2v) is 5.99. The SMILES string of the molecule is Nc1ccc(Cl)c(C(=O)N2CCc3sccc3C2)c1. The van der Waals surface area contributed by atoms with Gasteiger partial charge in [-0.25, -0.2) is 0 Å². The van der Waals surface area contributed by atoms with E-state index in [0.717, 1.165) is 13.0 Å². The van der Waals surface area contributed by atoms with Crippen molar-refractivity contribution in [3.05, 3.63) is 50.7 Å². The highest BCUT2D eigenvalue weighted by molar-refractivity contribution is 7.10. The minimum Gasteiger partial charge on any atom is -0.399 e. The van der Waals surface area contributed by atoms with Gasteiger partial charge in [-0.05, 0) is 41.6 Å². The third kappa shape index (κ3) is 2.33. The number of halogens is 1. The standard InChI is InChI=1S/C14H13ClN2OS/c15-12-2-1-10(16)7-11(12)14(18)17-5-3-13-9(8-17)4-6-19-13/h1-2,4,6-7H,3,5,8,16H2. The smallest absolute Gasteiger partial charge is 0.255 e. The third-order valence-electron chi connectivity index (χ3n) is 3.32. The fourth-order valence-electron chi connectivity index (χ4n) is 2.30. The zero-order chi connectivity index (χ0) is 13.4. The first-order valence-electron chi connectivity index (χ1n) is 6.04. The Morgan fingerprint density at radius 2 is 2.21 bits per heavy atom. The quantitative estimate of drug-likeness (QED) is 0.821. The second kappa shape index (κ2) is 4.87. The molecule has 0 spiro atoms. The van der Waals surface area contributed by atoms with Crippen molar-refractivity contribution < 1.29 is 4.79 Å². The van der Waals surface area contributed by atoms with E-state index in [1.807, 2.05) is 4.90 Å². The van der Waals surface area contributed by atoms with E-state index in [4.69, 9.17) is 17.3 Å². The fraction of sp³-hybridized carbons (Fsp3) is 0.214. The van der Waals surface area contributed by atoms with Crippen molar-refractivity contribution in [2.24, 2.45) is 0 Å². The molecular formula is C14H13ClN2OS. The van der Waals surface area contributed by atoms with Gasteiger partial charge < -0.3 is 10.6 Å². The Bertz CT molecular complexity index is 638. The van der Waals surface area contributed by atoms with E-state index < -0.39 is 0 Å². The van der Waals surface area contributed by atoms with Gasteiger partial charge >= 0.3 is 0 Å². The summed E-state index contributed by atoms with van der Waals surface area (Å²) in [5, 5.41) is 2.53. The Hall–Kier alpha value is -1.52. The van der Waals surface area contributed by atoms with E-state index in [0.29, 0.717) is 22.8 Å². The first kappa shape index (κ1) is 12.5. The number of carbonyl (C=O) groups excluding carboxylic acids is 1. The van der Waals surface area contributed by atoms with Crippen LogP contribution in [-0.2, 0) is 13.0 Å². The molecule has 0 bridgehead atoms. The molecule has 2 N–H and O–H groups in total. The summed E-state index contributed by atoms with van der Waals surface area (Å²) in [7, 11) is 0. The maximum atomic E-state index is 12.5. The summed E-state index contributed by atoms with van der Waals surface area (Å²) in [6, 6.07) is 7.10. The van der Waals surface area contributed by atoms with Gasteiger partial charge in [-0.2, -0.15) is 0 Å². The van der Waals surface area contributed by atoms with Crippen molar-refractivity contribution in [3.63, 3.8) is 0 Å². The third-order valence-corrected chi connectivity index (χ3v) is 4.67. The number of anilines is 1. The number of carbonyl (C=O) groups is 1. The average molecular weight is 293 g/mol. The Labute approximate surface area is 120 Å². The van der Waals surface area contributed by atoms with Crippen molar-refractivity contribution in [3.8, 4) is 0 Å². The lowest BCUT2D eigenvalue weighted by molar-refractivity contribution is 0.0736. The van der Waals surface area contributed by atoms with Gasteiger partial charge in [0.1, 0.15) is 0 Å². The minimum absolute atomic E-state index is 0.0471. The van der Waals surface area contributed by atoms with Gasteiger partial charge in [0.05, 0.1) is 10.6 Å². The summed E-state index contributed by atoms with van der Waals surface area (Å²) >= 11 is 7.84. The number of hydrogen-bond donors (Lipinski definition) is 1. The van der Waals surface area contributed by atoms with E-state index in [1.54, 1.807) is 29.5 Å². The molecule has 0 saturated heterocycles. The molecule has 0 aliphatic carbocycles. The molecule has 0 atom stereocenters. The summed E-state index contributed by atoms with van der Waals surface area (Å²) in [5.41, 5.74) is 8.01. The molecule has 3 nitrogen and oxygen atoms in total. The second-order valence-electron chi connectivity index (χ2n) is 4.59. The van der Waals surface area contributed by atoms with Gasteiger partial charge in [-0.15, -0.1) is 11.3 Å². The van der Waals surface area contributed by atoms with Crippen molar-refractivity contribution >= 4 is 34.5 Å². The number of amides is 1. The summed E-state index contributed by atoms with van der Waals surface area (Å²) < 4.78 is 0. The van der Waals surface area contributed by atoms with Gasteiger partial charge in [0.2, 0.25) is 0 Å². The highest BCUT2D eigenvalue weighted by atomic mass is 35.5. The Balaban J connectivity index is 1.87. The number of fused-ring (bicyclic) bond motifs is 1. The van der Waals surface area contributed by atoms with Crippen LogP contribution in [0.3, 0.4) is 0 Å². The van der Waals surface area contributed by atoms with E-state index in [2.05, 4.69) is 11.4 Å². The first-order valence-corrected chi connectivity index (χ1v) is 7.30. The predicted molar refractivity (Wildman–Crippen MR) is 78.6 cm³/mol. The summed E-state index contributed by atoms with van der Waals surface area (Å²) in [6.45, 7) is 1.39. The largest absolute Gasteiger partial charge is 0.399 e. The van der Waals surface area contributed by atoms with Crippen LogP contribution in [0, 0.1) is 0 Å². The zero-order valence-electron chi connectivity index (χ0n) is 10.2. The van der Waals surface area contributed by atoms with E-state index >= 15 is 0 Å². The topological polar surface area (TPSA) is 46.3 Å². The molecule has 0 fully saturated rings. The lowest BCUT2D eigenvalue weighted by Crippen LogP contribution is -2.35. The van der Waals surface area contributed by atoms with Gasteiger partial charge in [0, 0.05) is 23.7 Å². The molecule has 2 heterocycles. The molecule has 0 saturated carbocycles. The van der Waals surface area contributed by atoms with E-state index in [1.165, 1.54) is 10.4 Å². The molecule has 1 aromatic heterocycles. The molecule has 1 aromatic carbocycles. The molecule has 1 amide bonds. The van der Waals surface area contributed by atoms with Crippen LogP contribution in [0.5, 0.6) is 0 Å². The number of nitrogen functional groups attached to an aromatic ring is 1. The van der Waals surface area contributed by atoms with Crippen molar-refractivity contribution in [1.82, 2.24) is 4.90 Å². The predicted octanol–water partition coefficient (Wildman–Crippen LogP) is 3.18. The zero-order valence-corrected chi connectivity index (χ0v) is 11.8. The maximum Gasteiger partial charge on any atom is 0.255 e. The van der Waals surface area contributed by atoms with E-state index in [-0.39, 0.29) is 5.91 Å². The van der Waals surface area contributed by atoms with Crippen LogP contribution in [-0.4, -0.2) is 17.4 Å². The van der Waals surface area contributed by atoms with Crippen LogP contribution in [0.2, 0.25) is 5.02 Å². The minimum atomic E-state index is -0.0471. The number of nitrogens with zero attached hydrogens (tertiary/aromatic N) is 1. The van der Waals surface area contributed by atoms with Crippen LogP contribution in [0.4, 0.5) is 5.69 Å². The molecule has 5 heteroatoms. The van der Waals surface area contributed by atoms with Gasteiger partial charge in [-0.3, -0.25) is 4.79 Å². The molecular weight excluding hydrogens is 280 g/mol. The molecule has 2 aromatic rings. The lowest BCUT2D eigenvalue weighted by Gasteiger charge is -2.27. The van der Waals surface area contributed by atoms with Crippen LogP contribution >= 0.6 is 22.9 Å². The highest BCUT2D eigenvalue weighted by Crippen LogP contribution is 2.27. The molecule has 0 radical (unpaired) electrons. The number of rotatable bonds is 1. The maximum absolute atomic E-state index is 12.5. The number of thiophene rings is 1. The monoisotopic (exact) mass is 292 g/mol. The Kier molecular flexibility index (Phi) is 3.21. The summed E-state index contributed by atoms with van der Waals surface area (Å²) in [6.07, 6.45) is 0.915. The van der Waals surface area contributed by atoms with Gasteiger partial charge in [0.15, 0.2) is 0 Å². The molecule has 1 aliphatic heterocycles.